The van der Waals surface area contributed by atoms with Crippen LogP contribution in [-0.2, 0) is 9.53 Å². The third-order valence-electron chi connectivity index (χ3n) is 3.38. The SMILES string of the molecule is CC(C)(C)OC(=O)CNc1cccn([C@H]2CC[C@@H]2O)c1=O. The maximum atomic E-state index is 12.3. The van der Waals surface area contributed by atoms with E-state index in [-0.39, 0.29) is 18.1 Å². The number of hydrogen-bond acceptors (Lipinski definition) is 5. The van der Waals surface area contributed by atoms with Crippen LogP contribution in [0.25, 0.3) is 0 Å². The molecular weight excluding hydrogens is 272 g/mol. The van der Waals surface area contributed by atoms with Crippen molar-refractivity contribution in [2.24, 2.45) is 0 Å². The molecule has 6 nitrogen and oxygen atoms in total. The fourth-order valence-electron chi connectivity index (χ4n) is 2.24. The van der Waals surface area contributed by atoms with Crippen molar-refractivity contribution in [3.05, 3.63) is 28.7 Å². The summed E-state index contributed by atoms with van der Waals surface area (Å²) in [5.74, 6) is -0.416. The van der Waals surface area contributed by atoms with Crippen LogP contribution in [0.15, 0.2) is 23.1 Å². The number of nitrogens with zero attached hydrogens (tertiary/aromatic N) is 1. The lowest BCUT2D eigenvalue weighted by atomic mass is 9.89. The highest BCUT2D eigenvalue weighted by Crippen LogP contribution is 2.30. The van der Waals surface area contributed by atoms with Crippen molar-refractivity contribution in [2.45, 2.75) is 51.4 Å². The molecule has 0 amide bonds. The van der Waals surface area contributed by atoms with Gasteiger partial charge in [-0.25, -0.2) is 0 Å². The normalized spacial score (nSPS) is 21.5. The van der Waals surface area contributed by atoms with E-state index in [0.717, 1.165) is 6.42 Å². The third-order valence-corrected chi connectivity index (χ3v) is 3.38. The molecule has 2 N–H and O–H groups in total. The average Bonchev–Trinajstić information content (AvgIpc) is 2.36. The van der Waals surface area contributed by atoms with E-state index in [0.29, 0.717) is 12.1 Å². The summed E-state index contributed by atoms with van der Waals surface area (Å²) in [6, 6.07) is 3.18. The van der Waals surface area contributed by atoms with E-state index < -0.39 is 17.7 Å². The Kier molecular flexibility index (Phi) is 4.37. The second-order valence-electron chi connectivity index (χ2n) is 6.29. The topological polar surface area (TPSA) is 80.6 Å². The molecule has 1 aliphatic carbocycles. The third kappa shape index (κ3) is 3.85. The number of aliphatic hydroxyl groups excluding tert-OH is 1. The van der Waals surface area contributed by atoms with Gasteiger partial charge < -0.3 is 19.7 Å². The molecule has 1 aliphatic rings. The molecular formula is C15H22N2O4. The summed E-state index contributed by atoms with van der Waals surface area (Å²) >= 11 is 0. The number of anilines is 1. The average molecular weight is 294 g/mol. The summed E-state index contributed by atoms with van der Waals surface area (Å²) in [7, 11) is 0. The van der Waals surface area contributed by atoms with Gasteiger partial charge in [-0.15, -0.1) is 0 Å². The first-order valence-corrected chi connectivity index (χ1v) is 7.13. The monoisotopic (exact) mass is 294 g/mol. The minimum absolute atomic E-state index is 0.0657. The van der Waals surface area contributed by atoms with Crippen LogP contribution in [0.2, 0.25) is 0 Å². The van der Waals surface area contributed by atoms with Gasteiger partial charge in [0, 0.05) is 6.20 Å². The molecule has 0 spiro atoms. The van der Waals surface area contributed by atoms with Crippen LogP contribution in [0, 0.1) is 0 Å². The standard InChI is InChI=1S/C15H22N2O4/c1-15(2,3)21-13(19)9-16-10-5-4-8-17(14(10)20)11-6-7-12(11)18/h4-5,8,11-12,16,18H,6-7,9H2,1-3H3/t11-,12-/m0/s1. The van der Waals surface area contributed by atoms with Crippen LogP contribution in [-0.4, -0.2) is 33.9 Å². The van der Waals surface area contributed by atoms with Crippen LogP contribution < -0.4 is 10.9 Å². The Bertz CT molecular complexity index is 574. The minimum atomic E-state index is -0.550. The summed E-state index contributed by atoms with van der Waals surface area (Å²) in [5, 5.41) is 12.5. The molecule has 0 bridgehead atoms. The molecule has 0 aromatic carbocycles. The summed E-state index contributed by atoms with van der Waals surface area (Å²) in [6.45, 7) is 5.30. The predicted octanol–water partition coefficient (Wildman–Crippen LogP) is 1.30. The van der Waals surface area contributed by atoms with Crippen molar-refractivity contribution >= 4 is 11.7 Å². The number of ether oxygens (including phenoxy) is 1. The van der Waals surface area contributed by atoms with Crippen molar-refractivity contribution in [1.29, 1.82) is 0 Å². The largest absolute Gasteiger partial charge is 0.459 e. The zero-order chi connectivity index (χ0) is 15.6. The number of esters is 1. The van der Waals surface area contributed by atoms with E-state index in [1.807, 2.05) is 0 Å². The van der Waals surface area contributed by atoms with Crippen LogP contribution in [0.4, 0.5) is 5.69 Å². The van der Waals surface area contributed by atoms with Gasteiger partial charge in [0.2, 0.25) is 0 Å². The molecule has 1 fully saturated rings. The lowest BCUT2D eigenvalue weighted by Gasteiger charge is -2.34. The molecule has 1 aromatic rings. The molecule has 1 saturated carbocycles. The molecule has 0 radical (unpaired) electrons. The maximum Gasteiger partial charge on any atom is 0.325 e. The van der Waals surface area contributed by atoms with E-state index in [1.165, 1.54) is 4.57 Å². The minimum Gasteiger partial charge on any atom is -0.459 e. The van der Waals surface area contributed by atoms with E-state index >= 15 is 0 Å². The van der Waals surface area contributed by atoms with Crippen molar-refractivity contribution in [3.63, 3.8) is 0 Å². The molecule has 2 rings (SSSR count). The van der Waals surface area contributed by atoms with E-state index in [1.54, 1.807) is 39.1 Å². The fourth-order valence-corrected chi connectivity index (χ4v) is 2.24. The van der Waals surface area contributed by atoms with Gasteiger partial charge in [0.15, 0.2) is 0 Å². The van der Waals surface area contributed by atoms with Crippen molar-refractivity contribution < 1.29 is 14.6 Å². The summed E-state index contributed by atoms with van der Waals surface area (Å²) in [6.07, 6.45) is 2.70. The number of carbonyl (C=O) groups excluding carboxylic acids is 1. The molecule has 0 saturated heterocycles. The Balaban J connectivity index is 2.03. The van der Waals surface area contributed by atoms with Crippen LogP contribution in [0.5, 0.6) is 0 Å². The number of rotatable bonds is 4. The Hall–Kier alpha value is -1.82. The Morgan fingerprint density at radius 1 is 1.48 bits per heavy atom. The number of carbonyl (C=O) groups is 1. The molecule has 0 unspecified atom stereocenters. The Morgan fingerprint density at radius 3 is 2.71 bits per heavy atom. The zero-order valence-electron chi connectivity index (χ0n) is 12.6. The highest BCUT2D eigenvalue weighted by molar-refractivity contribution is 5.75. The molecule has 1 heterocycles. The van der Waals surface area contributed by atoms with Crippen molar-refractivity contribution in [3.8, 4) is 0 Å². The Morgan fingerprint density at radius 2 is 2.19 bits per heavy atom. The molecule has 21 heavy (non-hydrogen) atoms. The summed E-state index contributed by atoms with van der Waals surface area (Å²) < 4.78 is 6.70. The quantitative estimate of drug-likeness (QED) is 0.818. The second-order valence-corrected chi connectivity index (χ2v) is 6.29. The molecule has 0 aliphatic heterocycles. The summed E-state index contributed by atoms with van der Waals surface area (Å²) in [4.78, 5) is 23.9. The fraction of sp³-hybridized carbons (Fsp3) is 0.600. The zero-order valence-corrected chi connectivity index (χ0v) is 12.6. The van der Waals surface area contributed by atoms with E-state index in [4.69, 9.17) is 4.74 Å². The van der Waals surface area contributed by atoms with Gasteiger partial charge in [-0.3, -0.25) is 9.59 Å². The first-order chi connectivity index (χ1) is 9.78. The smallest absolute Gasteiger partial charge is 0.325 e. The molecule has 1 aromatic heterocycles. The highest BCUT2D eigenvalue weighted by Gasteiger charge is 2.31. The predicted molar refractivity (Wildman–Crippen MR) is 79.3 cm³/mol. The second kappa shape index (κ2) is 5.89. The van der Waals surface area contributed by atoms with Crippen LogP contribution >= 0.6 is 0 Å². The lowest BCUT2D eigenvalue weighted by molar-refractivity contribution is -0.152. The van der Waals surface area contributed by atoms with Gasteiger partial charge in [0.05, 0.1) is 12.1 Å². The molecule has 6 heteroatoms. The number of pyridine rings is 1. The number of hydrogen-bond donors (Lipinski definition) is 2. The van der Waals surface area contributed by atoms with E-state index in [9.17, 15) is 14.7 Å². The van der Waals surface area contributed by atoms with Crippen molar-refractivity contribution in [1.82, 2.24) is 4.57 Å². The van der Waals surface area contributed by atoms with E-state index in [2.05, 4.69) is 5.32 Å². The number of nitrogens with one attached hydrogen (secondary N) is 1. The van der Waals surface area contributed by atoms with Gasteiger partial charge in [-0.2, -0.15) is 0 Å². The van der Waals surface area contributed by atoms with Gasteiger partial charge >= 0.3 is 5.97 Å². The summed E-state index contributed by atoms with van der Waals surface area (Å²) in [5.41, 5.74) is -0.446. The maximum absolute atomic E-state index is 12.3. The van der Waals surface area contributed by atoms with Gasteiger partial charge in [-0.1, -0.05) is 0 Å². The molecule has 116 valence electrons. The highest BCUT2D eigenvalue weighted by atomic mass is 16.6. The first-order valence-electron chi connectivity index (χ1n) is 7.13. The van der Waals surface area contributed by atoms with Crippen molar-refractivity contribution in [2.75, 3.05) is 11.9 Å². The first kappa shape index (κ1) is 15.6. The van der Waals surface area contributed by atoms with Gasteiger partial charge in [0.25, 0.3) is 5.56 Å². The number of aromatic nitrogens is 1. The van der Waals surface area contributed by atoms with Gasteiger partial charge in [-0.05, 0) is 45.7 Å². The molecule has 2 atom stereocenters. The van der Waals surface area contributed by atoms with Crippen LogP contribution in [0.3, 0.4) is 0 Å². The van der Waals surface area contributed by atoms with Gasteiger partial charge in [0.1, 0.15) is 17.8 Å². The number of aliphatic hydroxyl groups is 1. The Labute approximate surface area is 123 Å². The lowest BCUT2D eigenvalue weighted by Crippen LogP contribution is -2.40. The van der Waals surface area contributed by atoms with Crippen LogP contribution in [0.1, 0.15) is 39.7 Å².